The third kappa shape index (κ3) is 4.92. The topological polar surface area (TPSA) is 73.3 Å². The molecule has 0 aliphatic rings. The van der Waals surface area contributed by atoms with Crippen LogP contribution in [0.2, 0.25) is 0 Å². The van der Waals surface area contributed by atoms with E-state index in [1.54, 1.807) is 6.33 Å². The standard InChI is InChI=1S/C10H19N3O2/c11-5-3-1-2-4-10-8-13(9-12-10)6-7-15-14/h8-9,14H,1-7,11H2. The predicted octanol–water partition coefficient (Wildman–Crippen LogP) is 1.04. The van der Waals surface area contributed by atoms with Crippen molar-refractivity contribution in [2.45, 2.75) is 32.2 Å². The summed E-state index contributed by atoms with van der Waals surface area (Å²) in [6.45, 7) is 1.69. The molecule has 5 heteroatoms. The fourth-order valence-electron chi connectivity index (χ4n) is 1.43. The van der Waals surface area contributed by atoms with E-state index in [1.165, 1.54) is 0 Å². The summed E-state index contributed by atoms with van der Waals surface area (Å²) in [5, 5.41) is 8.19. The van der Waals surface area contributed by atoms with Gasteiger partial charge < -0.3 is 10.3 Å². The zero-order valence-electron chi connectivity index (χ0n) is 8.93. The number of nitrogens with two attached hydrogens (primary N) is 1. The average molecular weight is 213 g/mol. The van der Waals surface area contributed by atoms with Crippen LogP contribution in [0.1, 0.15) is 25.0 Å². The summed E-state index contributed by atoms with van der Waals surface area (Å²) in [7, 11) is 0. The van der Waals surface area contributed by atoms with Gasteiger partial charge >= 0.3 is 0 Å². The Bertz CT molecular complexity index is 263. The highest BCUT2D eigenvalue weighted by Gasteiger charge is 1.98. The molecule has 86 valence electrons. The van der Waals surface area contributed by atoms with Crippen LogP contribution in [0, 0.1) is 0 Å². The maximum Gasteiger partial charge on any atom is 0.0999 e. The van der Waals surface area contributed by atoms with Crippen LogP contribution in [-0.2, 0) is 17.9 Å². The molecular formula is C10H19N3O2. The molecule has 0 saturated heterocycles. The summed E-state index contributed by atoms with van der Waals surface area (Å²) in [6.07, 6.45) is 8.11. The van der Waals surface area contributed by atoms with Gasteiger partial charge in [-0.1, -0.05) is 6.42 Å². The van der Waals surface area contributed by atoms with Gasteiger partial charge in [0.2, 0.25) is 0 Å². The zero-order chi connectivity index (χ0) is 10.9. The lowest BCUT2D eigenvalue weighted by Crippen LogP contribution is -2.01. The van der Waals surface area contributed by atoms with Crippen LogP contribution in [0.25, 0.3) is 0 Å². The van der Waals surface area contributed by atoms with Crippen molar-refractivity contribution in [2.75, 3.05) is 13.2 Å². The van der Waals surface area contributed by atoms with Gasteiger partial charge in [0.15, 0.2) is 0 Å². The van der Waals surface area contributed by atoms with Gasteiger partial charge in [0.1, 0.15) is 0 Å². The molecule has 0 fully saturated rings. The van der Waals surface area contributed by atoms with Crippen molar-refractivity contribution in [1.82, 2.24) is 9.55 Å². The van der Waals surface area contributed by atoms with Crippen LogP contribution in [0.4, 0.5) is 0 Å². The van der Waals surface area contributed by atoms with Crippen molar-refractivity contribution >= 4 is 0 Å². The summed E-state index contributed by atoms with van der Waals surface area (Å²) in [5.74, 6) is 0. The Hall–Kier alpha value is -0.910. The second-order valence-electron chi connectivity index (χ2n) is 3.54. The molecule has 0 aromatic carbocycles. The van der Waals surface area contributed by atoms with Crippen molar-refractivity contribution < 1.29 is 10.1 Å². The third-order valence-electron chi connectivity index (χ3n) is 2.26. The van der Waals surface area contributed by atoms with Crippen molar-refractivity contribution in [3.05, 3.63) is 18.2 Å². The normalized spacial score (nSPS) is 10.8. The Balaban J connectivity index is 2.20. The Morgan fingerprint density at radius 2 is 2.27 bits per heavy atom. The monoisotopic (exact) mass is 213 g/mol. The minimum absolute atomic E-state index is 0.295. The number of aryl methyl sites for hydroxylation is 1. The molecule has 0 aliphatic heterocycles. The van der Waals surface area contributed by atoms with E-state index in [4.69, 9.17) is 11.0 Å². The van der Waals surface area contributed by atoms with Gasteiger partial charge in [0.25, 0.3) is 0 Å². The Morgan fingerprint density at radius 3 is 3.00 bits per heavy atom. The molecule has 0 radical (unpaired) electrons. The highest BCUT2D eigenvalue weighted by Crippen LogP contribution is 2.04. The molecule has 0 saturated carbocycles. The Kier molecular flexibility index (Phi) is 5.99. The van der Waals surface area contributed by atoms with Crippen LogP contribution in [0.5, 0.6) is 0 Å². The highest BCUT2D eigenvalue weighted by molar-refractivity contribution is 4.96. The Labute approximate surface area is 89.8 Å². The second-order valence-corrected chi connectivity index (χ2v) is 3.54. The summed E-state index contributed by atoms with van der Waals surface area (Å²) >= 11 is 0. The number of hydrogen-bond acceptors (Lipinski definition) is 4. The van der Waals surface area contributed by atoms with Crippen LogP contribution < -0.4 is 5.73 Å². The molecular weight excluding hydrogens is 194 g/mol. The lowest BCUT2D eigenvalue weighted by molar-refractivity contribution is -0.243. The van der Waals surface area contributed by atoms with Crippen molar-refractivity contribution in [3.8, 4) is 0 Å². The molecule has 0 bridgehead atoms. The molecule has 5 nitrogen and oxygen atoms in total. The Morgan fingerprint density at radius 1 is 1.40 bits per heavy atom. The average Bonchev–Trinajstić information content (AvgIpc) is 2.69. The maximum absolute atomic E-state index is 8.19. The van der Waals surface area contributed by atoms with Gasteiger partial charge in [-0.2, -0.15) is 0 Å². The molecule has 0 spiro atoms. The number of aromatic nitrogens is 2. The van der Waals surface area contributed by atoms with Gasteiger partial charge in [-0.3, -0.25) is 5.26 Å². The number of rotatable bonds is 8. The molecule has 3 N–H and O–H groups in total. The molecule has 0 atom stereocenters. The quantitative estimate of drug-likeness (QED) is 0.384. The van der Waals surface area contributed by atoms with E-state index in [1.807, 2.05) is 10.8 Å². The first-order valence-corrected chi connectivity index (χ1v) is 5.34. The predicted molar refractivity (Wildman–Crippen MR) is 57.4 cm³/mol. The van der Waals surface area contributed by atoms with E-state index in [0.29, 0.717) is 13.2 Å². The largest absolute Gasteiger partial charge is 0.335 e. The van der Waals surface area contributed by atoms with Gasteiger partial charge in [0, 0.05) is 6.20 Å². The first-order chi connectivity index (χ1) is 7.36. The van der Waals surface area contributed by atoms with Gasteiger partial charge in [-0.25, -0.2) is 9.87 Å². The first-order valence-electron chi connectivity index (χ1n) is 5.34. The summed E-state index contributed by atoms with van der Waals surface area (Å²) in [4.78, 5) is 8.27. The van der Waals surface area contributed by atoms with Crippen molar-refractivity contribution in [1.29, 1.82) is 0 Å². The maximum atomic E-state index is 8.19. The van der Waals surface area contributed by atoms with E-state index in [0.717, 1.165) is 37.9 Å². The number of nitrogens with zero attached hydrogens (tertiary/aromatic N) is 2. The second kappa shape index (κ2) is 7.39. The van der Waals surface area contributed by atoms with Crippen LogP contribution in [0.15, 0.2) is 12.5 Å². The number of unbranched alkanes of at least 4 members (excludes halogenated alkanes) is 2. The van der Waals surface area contributed by atoms with Crippen molar-refractivity contribution in [2.24, 2.45) is 5.73 Å². The summed E-state index contributed by atoms with van der Waals surface area (Å²) in [6, 6.07) is 0. The SMILES string of the molecule is NCCCCCc1cn(CCOO)cn1. The molecule has 1 aromatic heterocycles. The molecule has 1 aromatic rings. The minimum atomic E-state index is 0.295. The smallest absolute Gasteiger partial charge is 0.0999 e. The lowest BCUT2D eigenvalue weighted by atomic mass is 10.1. The highest BCUT2D eigenvalue weighted by atomic mass is 17.1. The fourth-order valence-corrected chi connectivity index (χ4v) is 1.43. The molecule has 15 heavy (non-hydrogen) atoms. The molecule has 0 amide bonds. The van der Waals surface area contributed by atoms with Crippen molar-refractivity contribution in [3.63, 3.8) is 0 Å². The van der Waals surface area contributed by atoms with E-state index < -0.39 is 0 Å². The van der Waals surface area contributed by atoms with Crippen LogP contribution in [0.3, 0.4) is 0 Å². The molecule has 0 unspecified atom stereocenters. The molecule has 0 aliphatic carbocycles. The van der Waals surface area contributed by atoms with Gasteiger partial charge in [-0.05, 0) is 25.8 Å². The van der Waals surface area contributed by atoms with E-state index in [-0.39, 0.29) is 0 Å². The van der Waals surface area contributed by atoms with E-state index >= 15 is 0 Å². The molecule has 1 rings (SSSR count). The fraction of sp³-hybridized carbons (Fsp3) is 0.700. The first kappa shape index (κ1) is 12.2. The van der Waals surface area contributed by atoms with Crippen LogP contribution in [-0.4, -0.2) is 28.0 Å². The van der Waals surface area contributed by atoms with E-state index in [2.05, 4.69) is 9.87 Å². The third-order valence-corrected chi connectivity index (χ3v) is 2.26. The van der Waals surface area contributed by atoms with E-state index in [9.17, 15) is 0 Å². The molecule has 1 heterocycles. The lowest BCUT2D eigenvalue weighted by Gasteiger charge is -1.98. The minimum Gasteiger partial charge on any atom is -0.335 e. The summed E-state index contributed by atoms with van der Waals surface area (Å²) < 4.78 is 1.91. The summed E-state index contributed by atoms with van der Waals surface area (Å²) in [5.41, 5.74) is 6.50. The number of hydrogen-bond donors (Lipinski definition) is 2. The number of imidazole rings is 1. The van der Waals surface area contributed by atoms with Gasteiger partial charge in [0.05, 0.1) is 25.2 Å². The zero-order valence-corrected chi connectivity index (χ0v) is 8.93. The van der Waals surface area contributed by atoms with Crippen LogP contribution >= 0.6 is 0 Å². The van der Waals surface area contributed by atoms with Gasteiger partial charge in [-0.15, -0.1) is 0 Å².